The van der Waals surface area contributed by atoms with Gasteiger partial charge in [0.05, 0.1) is 11.8 Å². The van der Waals surface area contributed by atoms with Crippen LogP contribution < -0.4 is 16.4 Å². The molecule has 0 heterocycles. The van der Waals surface area contributed by atoms with Crippen LogP contribution in [0.15, 0.2) is 65.7 Å². The van der Waals surface area contributed by atoms with E-state index in [1.54, 1.807) is 24.3 Å². The fraction of sp³-hybridized carbons (Fsp3) is 0.292. The van der Waals surface area contributed by atoms with Crippen molar-refractivity contribution < 1.29 is 33.8 Å². The summed E-state index contributed by atoms with van der Waals surface area (Å²) in [4.78, 5) is 51.0. The van der Waals surface area contributed by atoms with Gasteiger partial charge in [-0.05, 0) is 24.0 Å². The van der Waals surface area contributed by atoms with Crippen molar-refractivity contribution in [2.75, 3.05) is 12.3 Å². The second-order valence-electron chi connectivity index (χ2n) is 7.35. The molecule has 2 aromatic carbocycles. The number of carboxylic acids is 1. The van der Waals surface area contributed by atoms with Gasteiger partial charge in [-0.1, -0.05) is 72.4 Å². The van der Waals surface area contributed by atoms with E-state index >= 15 is 0 Å². The highest BCUT2D eigenvalue weighted by Crippen LogP contribution is 2.08. The highest BCUT2D eigenvalue weighted by Gasteiger charge is 2.16. The van der Waals surface area contributed by atoms with Crippen LogP contribution in [0.4, 0.5) is 9.59 Å². The van der Waals surface area contributed by atoms with Crippen molar-refractivity contribution >= 4 is 53.4 Å². The Balaban J connectivity index is 0.00000684. The minimum atomic E-state index is -1.11. The fourth-order valence-corrected chi connectivity index (χ4v) is 3.28. The quantitative estimate of drug-likeness (QED) is 0.186. The van der Waals surface area contributed by atoms with E-state index in [1.807, 2.05) is 36.4 Å². The number of carbonyl (C=O) groups excluding carboxylic acids is 3. The Labute approximate surface area is 224 Å². The smallest absolute Gasteiger partial charge is 0.414 e. The average Bonchev–Trinajstić information content (AvgIpc) is 2.88. The van der Waals surface area contributed by atoms with Crippen molar-refractivity contribution in [3.8, 4) is 0 Å². The Morgan fingerprint density at radius 3 is 1.84 bits per heavy atom. The third-order valence-electron chi connectivity index (χ3n) is 4.45. The molecule has 5 N–H and O–H groups in total. The number of nitrogens with zero attached hydrogens (tertiary/aromatic N) is 1. The molecule has 13 heteroatoms. The molecule has 0 spiro atoms. The SMILES string of the molecule is Cl.N[C@@H](CCCN=C(NC(=O)OCc1ccccc1)NC(=O)OCc1ccccc1)C(=O)SCC(=O)O. The molecule has 0 fully saturated rings. The molecule has 2 amide bonds. The lowest BCUT2D eigenvalue weighted by atomic mass is 10.2. The van der Waals surface area contributed by atoms with Gasteiger partial charge < -0.3 is 20.3 Å². The number of guanidine groups is 1. The van der Waals surface area contributed by atoms with Gasteiger partial charge in [0.25, 0.3) is 0 Å². The molecule has 11 nitrogen and oxygen atoms in total. The fourth-order valence-electron chi connectivity index (χ4n) is 2.68. The molecule has 0 unspecified atom stereocenters. The van der Waals surface area contributed by atoms with E-state index in [0.717, 1.165) is 11.1 Å². The number of carbonyl (C=O) groups is 4. The largest absolute Gasteiger partial charge is 0.481 e. The van der Waals surface area contributed by atoms with Crippen LogP contribution in [-0.4, -0.2) is 52.7 Å². The topological polar surface area (TPSA) is 169 Å². The van der Waals surface area contributed by atoms with Gasteiger partial charge >= 0.3 is 18.2 Å². The van der Waals surface area contributed by atoms with Crippen molar-refractivity contribution in [1.29, 1.82) is 0 Å². The zero-order valence-electron chi connectivity index (χ0n) is 19.8. The standard InChI is InChI=1S/C24H28N4O7S.ClH/c25-19(21(31)36-16-20(29)30)12-7-13-26-22(27-23(32)34-14-17-8-3-1-4-9-17)28-24(33)35-15-18-10-5-2-6-11-18;/h1-6,8-11,19H,7,12-16,25H2,(H,29,30)(H2,26,27,28,32,33);1H/t19-;/m0./s1. The maximum atomic E-state index is 12.2. The molecular weight excluding hydrogens is 524 g/mol. The molecule has 0 radical (unpaired) electrons. The van der Waals surface area contributed by atoms with Crippen LogP contribution in [-0.2, 0) is 32.3 Å². The van der Waals surface area contributed by atoms with Gasteiger partial charge in [0.1, 0.15) is 13.2 Å². The molecule has 0 aliphatic carbocycles. The minimum Gasteiger partial charge on any atom is -0.481 e. The number of hydrogen-bond acceptors (Lipinski definition) is 9. The van der Waals surface area contributed by atoms with Gasteiger partial charge in [-0.15, -0.1) is 12.4 Å². The number of benzene rings is 2. The number of hydrogen-bond donors (Lipinski definition) is 4. The number of aliphatic carboxylic acids is 1. The molecule has 2 aromatic rings. The van der Waals surface area contributed by atoms with Gasteiger partial charge in [0, 0.05) is 6.54 Å². The summed E-state index contributed by atoms with van der Waals surface area (Å²) >= 11 is 0.635. The Bertz CT molecular complexity index is 982. The average molecular weight is 553 g/mol. The summed E-state index contributed by atoms with van der Waals surface area (Å²) in [5.74, 6) is -1.66. The lowest BCUT2D eigenvalue weighted by molar-refractivity contribution is -0.134. The highest BCUT2D eigenvalue weighted by atomic mass is 35.5. The summed E-state index contributed by atoms with van der Waals surface area (Å²) in [6.45, 7) is 0.143. The van der Waals surface area contributed by atoms with E-state index in [2.05, 4.69) is 15.6 Å². The molecule has 0 aliphatic heterocycles. The summed E-state index contributed by atoms with van der Waals surface area (Å²) in [5.41, 5.74) is 7.34. The Kier molecular flexibility index (Phi) is 15.1. The van der Waals surface area contributed by atoms with Crippen LogP contribution in [0, 0.1) is 0 Å². The van der Waals surface area contributed by atoms with E-state index in [0.29, 0.717) is 18.2 Å². The lowest BCUT2D eigenvalue weighted by Gasteiger charge is -2.12. The third-order valence-corrected chi connectivity index (χ3v) is 5.43. The van der Waals surface area contributed by atoms with E-state index in [4.69, 9.17) is 20.3 Å². The van der Waals surface area contributed by atoms with Gasteiger partial charge in [-0.3, -0.25) is 25.2 Å². The maximum Gasteiger partial charge on any atom is 0.414 e. The van der Waals surface area contributed by atoms with Crippen LogP contribution in [0.3, 0.4) is 0 Å². The number of carboxylic acid groups (broad SMARTS) is 1. The molecule has 0 aromatic heterocycles. The monoisotopic (exact) mass is 552 g/mol. The Morgan fingerprint density at radius 1 is 0.892 bits per heavy atom. The first-order chi connectivity index (χ1) is 17.3. The van der Waals surface area contributed by atoms with Gasteiger partial charge in [-0.25, -0.2) is 9.59 Å². The number of ether oxygens (including phenoxy) is 2. The number of amides is 2. The van der Waals surface area contributed by atoms with Crippen molar-refractivity contribution in [3.05, 3.63) is 71.8 Å². The second-order valence-corrected chi connectivity index (χ2v) is 8.33. The first-order valence-corrected chi connectivity index (χ1v) is 12.0. The number of aliphatic imine (C=N–C) groups is 1. The van der Waals surface area contributed by atoms with Crippen LogP contribution >= 0.6 is 24.2 Å². The van der Waals surface area contributed by atoms with E-state index in [1.165, 1.54) is 0 Å². The molecule has 0 saturated heterocycles. The zero-order valence-corrected chi connectivity index (χ0v) is 21.5. The third kappa shape index (κ3) is 13.9. The first kappa shape index (κ1) is 31.4. The van der Waals surface area contributed by atoms with Gasteiger partial charge in [-0.2, -0.15) is 0 Å². The zero-order chi connectivity index (χ0) is 26.2. The van der Waals surface area contributed by atoms with Crippen LogP contribution in [0.5, 0.6) is 0 Å². The van der Waals surface area contributed by atoms with E-state index in [9.17, 15) is 19.2 Å². The number of halogens is 1. The lowest BCUT2D eigenvalue weighted by Crippen LogP contribution is -2.44. The molecule has 0 aliphatic rings. The van der Waals surface area contributed by atoms with Crippen molar-refractivity contribution in [2.45, 2.75) is 32.1 Å². The van der Waals surface area contributed by atoms with Crippen molar-refractivity contribution in [3.63, 3.8) is 0 Å². The molecule has 2 rings (SSSR count). The van der Waals surface area contributed by atoms with E-state index < -0.39 is 29.3 Å². The summed E-state index contributed by atoms with van der Waals surface area (Å²) in [7, 11) is 0. The van der Waals surface area contributed by atoms with Crippen molar-refractivity contribution in [2.24, 2.45) is 10.7 Å². The minimum absolute atomic E-state index is 0. The number of alkyl carbamates (subject to hydrolysis) is 2. The summed E-state index contributed by atoms with van der Waals surface area (Å²) in [6, 6.07) is 17.2. The number of nitrogens with one attached hydrogen (secondary N) is 2. The normalized spacial score (nSPS) is 10.7. The molecule has 1 atom stereocenters. The Morgan fingerprint density at radius 2 is 1.38 bits per heavy atom. The molecule has 0 saturated carbocycles. The summed E-state index contributed by atoms with van der Waals surface area (Å²) < 4.78 is 10.3. The number of nitrogens with two attached hydrogens (primary N) is 1. The molecule has 37 heavy (non-hydrogen) atoms. The second kappa shape index (κ2) is 17.8. The summed E-state index contributed by atoms with van der Waals surface area (Å²) in [5, 5.41) is 12.9. The molecule has 0 bridgehead atoms. The van der Waals surface area contributed by atoms with Crippen molar-refractivity contribution in [1.82, 2.24) is 10.6 Å². The predicted molar refractivity (Wildman–Crippen MR) is 141 cm³/mol. The predicted octanol–water partition coefficient (Wildman–Crippen LogP) is 3.07. The van der Waals surface area contributed by atoms with Crippen LogP contribution in [0.25, 0.3) is 0 Å². The number of rotatable bonds is 11. The van der Waals surface area contributed by atoms with Crippen LogP contribution in [0.1, 0.15) is 24.0 Å². The Hall–Kier alpha value is -3.61. The maximum absolute atomic E-state index is 12.2. The van der Waals surface area contributed by atoms with Crippen LogP contribution in [0.2, 0.25) is 0 Å². The summed E-state index contributed by atoms with van der Waals surface area (Å²) in [6.07, 6.45) is -1.10. The highest BCUT2D eigenvalue weighted by molar-refractivity contribution is 8.14. The van der Waals surface area contributed by atoms with Gasteiger partial charge in [0.15, 0.2) is 0 Å². The van der Waals surface area contributed by atoms with Gasteiger partial charge in [0.2, 0.25) is 11.1 Å². The molecular formula is C24H29ClN4O7S. The first-order valence-electron chi connectivity index (χ1n) is 11.0. The number of thioether (sulfide) groups is 1. The van der Waals surface area contributed by atoms with E-state index in [-0.39, 0.29) is 50.3 Å². The molecule has 200 valence electrons.